The number of carbonyl (C=O) groups excluding carboxylic acids is 1. The Morgan fingerprint density at radius 1 is 1.17 bits per heavy atom. The fourth-order valence-electron chi connectivity index (χ4n) is 2.60. The minimum absolute atomic E-state index is 0.0347. The van der Waals surface area contributed by atoms with E-state index in [1.165, 1.54) is 18.5 Å². The molecule has 0 saturated carbocycles. The Labute approximate surface area is 139 Å². The van der Waals surface area contributed by atoms with Crippen LogP contribution < -0.4 is 9.64 Å². The van der Waals surface area contributed by atoms with Crippen LogP contribution in [0.2, 0.25) is 0 Å². The van der Waals surface area contributed by atoms with Gasteiger partial charge in [-0.1, -0.05) is 0 Å². The first-order valence-electron chi connectivity index (χ1n) is 7.81. The highest BCUT2D eigenvalue weighted by atomic mass is 19.1. The van der Waals surface area contributed by atoms with E-state index in [4.69, 9.17) is 4.74 Å². The molecular formula is C17H19FN4O2. The summed E-state index contributed by atoms with van der Waals surface area (Å²) in [6.07, 6.45) is 1.41. The highest BCUT2D eigenvalue weighted by Gasteiger charge is 2.21. The second-order valence-electron chi connectivity index (χ2n) is 5.63. The highest BCUT2D eigenvalue weighted by molar-refractivity contribution is 5.78. The Morgan fingerprint density at radius 3 is 2.54 bits per heavy atom. The summed E-state index contributed by atoms with van der Waals surface area (Å²) < 4.78 is 18.4. The number of carbonyl (C=O) groups is 1. The van der Waals surface area contributed by atoms with Crippen molar-refractivity contribution >= 4 is 11.6 Å². The number of amides is 1. The second kappa shape index (κ2) is 7.25. The van der Waals surface area contributed by atoms with Crippen molar-refractivity contribution in [3.05, 3.63) is 48.2 Å². The van der Waals surface area contributed by atoms with E-state index in [1.54, 1.807) is 23.1 Å². The SMILES string of the molecule is Cc1cc(OCC(=O)N2CCN(c3ccc(F)cc3)CC2)ncn1. The molecule has 0 radical (unpaired) electrons. The molecule has 0 bridgehead atoms. The van der Waals surface area contributed by atoms with Crippen LogP contribution in [0, 0.1) is 12.7 Å². The van der Waals surface area contributed by atoms with Gasteiger partial charge in [0.25, 0.3) is 5.91 Å². The molecule has 1 aliphatic heterocycles. The van der Waals surface area contributed by atoms with Gasteiger partial charge in [0.1, 0.15) is 12.1 Å². The molecule has 3 rings (SSSR count). The number of ether oxygens (including phenoxy) is 1. The molecule has 0 N–H and O–H groups in total. The average Bonchev–Trinajstić information content (AvgIpc) is 2.61. The molecule has 7 heteroatoms. The first-order valence-corrected chi connectivity index (χ1v) is 7.81. The van der Waals surface area contributed by atoms with Crippen molar-refractivity contribution in [2.24, 2.45) is 0 Å². The third-order valence-corrected chi connectivity index (χ3v) is 3.95. The van der Waals surface area contributed by atoms with Crippen LogP contribution >= 0.6 is 0 Å². The van der Waals surface area contributed by atoms with Gasteiger partial charge >= 0.3 is 0 Å². The molecule has 1 saturated heterocycles. The van der Waals surface area contributed by atoms with Crippen LogP contribution in [0.5, 0.6) is 5.88 Å². The van der Waals surface area contributed by atoms with Crippen molar-refractivity contribution in [3.63, 3.8) is 0 Å². The maximum absolute atomic E-state index is 13.0. The number of nitrogens with zero attached hydrogens (tertiary/aromatic N) is 4. The molecule has 1 aliphatic rings. The van der Waals surface area contributed by atoms with Gasteiger partial charge in [-0.3, -0.25) is 4.79 Å². The predicted molar refractivity (Wildman–Crippen MR) is 87.5 cm³/mol. The van der Waals surface area contributed by atoms with Crippen LogP contribution in [0.15, 0.2) is 36.7 Å². The minimum Gasteiger partial charge on any atom is -0.467 e. The van der Waals surface area contributed by atoms with E-state index in [2.05, 4.69) is 14.9 Å². The molecule has 0 atom stereocenters. The first kappa shape index (κ1) is 16.2. The van der Waals surface area contributed by atoms with Gasteiger partial charge in [-0.25, -0.2) is 14.4 Å². The average molecular weight is 330 g/mol. The van der Waals surface area contributed by atoms with E-state index in [0.717, 1.165) is 11.4 Å². The Hall–Kier alpha value is -2.70. The molecule has 2 heterocycles. The smallest absolute Gasteiger partial charge is 0.260 e. The van der Waals surface area contributed by atoms with Gasteiger partial charge in [-0.2, -0.15) is 0 Å². The Morgan fingerprint density at radius 2 is 1.88 bits per heavy atom. The van der Waals surface area contributed by atoms with E-state index in [1.807, 2.05) is 6.92 Å². The number of rotatable bonds is 4. The lowest BCUT2D eigenvalue weighted by Crippen LogP contribution is -2.50. The summed E-state index contributed by atoms with van der Waals surface area (Å²) in [5.74, 6) is 0.0930. The first-order chi connectivity index (χ1) is 11.6. The normalized spacial score (nSPS) is 14.6. The zero-order valence-electron chi connectivity index (χ0n) is 13.5. The van der Waals surface area contributed by atoms with Crippen LogP contribution in [0.3, 0.4) is 0 Å². The largest absolute Gasteiger partial charge is 0.467 e. The number of halogens is 1. The molecule has 1 aromatic heterocycles. The number of piperazine rings is 1. The number of aromatic nitrogens is 2. The lowest BCUT2D eigenvalue weighted by Gasteiger charge is -2.36. The molecule has 0 aliphatic carbocycles. The van der Waals surface area contributed by atoms with Gasteiger partial charge in [0.15, 0.2) is 6.61 Å². The van der Waals surface area contributed by atoms with E-state index in [0.29, 0.717) is 32.1 Å². The molecule has 0 unspecified atom stereocenters. The molecule has 1 amide bonds. The second-order valence-corrected chi connectivity index (χ2v) is 5.63. The van der Waals surface area contributed by atoms with Crippen molar-refractivity contribution in [1.29, 1.82) is 0 Å². The number of hydrogen-bond acceptors (Lipinski definition) is 5. The van der Waals surface area contributed by atoms with E-state index in [-0.39, 0.29) is 18.3 Å². The van der Waals surface area contributed by atoms with Crippen LogP contribution in [0.25, 0.3) is 0 Å². The third-order valence-electron chi connectivity index (χ3n) is 3.95. The number of hydrogen-bond donors (Lipinski definition) is 0. The van der Waals surface area contributed by atoms with Gasteiger partial charge in [0.05, 0.1) is 0 Å². The molecular weight excluding hydrogens is 311 g/mol. The summed E-state index contributed by atoms with van der Waals surface area (Å²) >= 11 is 0. The molecule has 24 heavy (non-hydrogen) atoms. The molecule has 2 aromatic rings. The van der Waals surface area contributed by atoms with Gasteiger partial charge in [0.2, 0.25) is 5.88 Å². The van der Waals surface area contributed by atoms with Crippen LogP contribution in [-0.2, 0) is 4.79 Å². The predicted octanol–water partition coefficient (Wildman–Crippen LogP) is 1.65. The number of aryl methyl sites for hydroxylation is 1. The summed E-state index contributed by atoms with van der Waals surface area (Å²) in [6, 6.07) is 8.11. The summed E-state index contributed by atoms with van der Waals surface area (Å²) in [4.78, 5) is 24.1. The zero-order valence-corrected chi connectivity index (χ0v) is 13.5. The van der Waals surface area contributed by atoms with Gasteiger partial charge in [-0.05, 0) is 31.2 Å². The zero-order chi connectivity index (χ0) is 16.9. The van der Waals surface area contributed by atoms with Crippen molar-refractivity contribution in [2.45, 2.75) is 6.92 Å². The molecule has 1 aromatic carbocycles. The molecule has 0 spiro atoms. The fourth-order valence-corrected chi connectivity index (χ4v) is 2.60. The Kier molecular flexibility index (Phi) is 4.88. The lowest BCUT2D eigenvalue weighted by molar-refractivity contribution is -0.133. The third kappa shape index (κ3) is 3.98. The Bertz CT molecular complexity index is 700. The maximum Gasteiger partial charge on any atom is 0.260 e. The summed E-state index contributed by atoms with van der Waals surface area (Å²) in [6.45, 7) is 4.46. The monoisotopic (exact) mass is 330 g/mol. The van der Waals surface area contributed by atoms with Crippen molar-refractivity contribution in [2.75, 3.05) is 37.7 Å². The summed E-state index contributed by atoms with van der Waals surface area (Å²) in [7, 11) is 0. The minimum atomic E-state index is -0.246. The van der Waals surface area contributed by atoms with Gasteiger partial charge in [-0.15, -0.1) is 0 Å². The number of benzene rings is 1. The quantitative estimate of drug-likeness (QED) is 0.853. The van der Waals surface area contributed by atoms with E-state index in [9.17, 15) is 9.18 Å². The van der Waals surface area contributed by atoms with Gasteiger partial charge in [0, 0.05) is 43.6 Å². The van der Waals surface area contributed by atoms with Crippen LogP contribution in [0.4, 0.5) is 10.1 Å². The number of anilines is 1. The highest BCUT2D eigenvalue weighted by Crippen LogP contribution is 2.17. The molecule has 126 valence electrons. The van der Waals surface area contributed by atoms with Crippen molar-refractivity contribution < 1.29 is 13.9 Å². The standard InChI is InChI=1S/C17H19FN4O2/c1-13-10-16(20-12-19-13)24-11-17(23)22-8-6-21(7-9-22)15-4-2-14(18)3-5-15/h2-5,10,12H,6-9,11H2,1H3. The van der Waals surface area contributed by atoms with Crippen molar-refractivity contribution in [1.82, 2.24) is 14.9 Å². The maximum atomic E-state index is 13.0. The van der Waals surface area contributed by atoms with Gasteiger partial charge < -0.3 is 14.5 Å². The van der Waals surface area contributed by atoms with E-state index < -0.39 is 0 Å². The summed E-state index contributed by atoms with van der Waals surface area (Å²) in [5, 5.41) is 0. The Balaban J connectivity index is 1.49. The lowest BCUT2D eigenvalue weighted by atomic mass is 10.2. The topological polar surface area (TPSA) is 58.6 Å². The van der Waals surface area contributed by atoms with Crippen LogP contribution in [-0.4, -0.2) is 53.6 Å². The fraction of sp³-hybridized carbons (Fsp3) is 0.353. The van der Waals surface area contributed by atoms with Crippen LogP contribution in [0.1, 0.15) is 5.69 Å². The summed E-state index contributed by atoms with van der Waals surface area (Å²) in [5.41, 5.74) is 1.76. The van der Waals surface area contributed by atoms with E-state index >= 15 is 0 Å². The molecule has 1 fully saturated rings. The molecule has 6 nitrogen and oxygen atoms in total. The van der Waals surface area contributed by atoms with Crippen molar-refractivity contribution in [3.8, 4) is 5.88 Å².